The number of nitrogens with one attached hydrogen (secondary N) is 4. The molecule has 1 fully saturated rings. The quantitative estimate of drug-likeness (QED) is 0.101. The lowest BCUT2D eigenvalue weighted by atomic mass is 10.0. The molecule has 4 amide bonds. The second kappa shape index (κ2) is 16.8. The van der Waals surface area contributed by atoms with Gasteiger partial charge in [0.15, 0.2) is 0 Å². The van der Waals surface area contributed by atoms with E-state index in [2.05, 4.69) is 57.9 Å². The number of imidazole rings is 2. The Labute approximate surface area is 320 Å². The van der Waals surface area contributed by atoms with E-state index in [4.69, 9.17) is 19.4 Å². The van der Waals surface area contributed by atoms with Crippen molar-refractivity contribution < 1.29 is 28.7 Å². The third kappa shape index (κ3) is 8.37. The normalized spacial score (nSPS) is 15.5. The van der Waals surface area contributed by atoms with Gasteiger partial charge in [0.05, 0.1) is 48.9 Å². The van der Waals surface area contributed by atoms with Crippen LogP contribution in [-0.2, 0) is 25.6 Å². The van der Waals surface area contributed by atoms with Crippen LogP contribution in [0.4, 0.5) is 9.59 Å². The van der Waals surface area contributed by atoms with Gasteiger partial charge in [0.2, 0.25) is 11.8 Å². The molecule has 1 aliphatic heterocycles. The number of alkyl carbamates (subject to hydrolysis) is 2. The Kier molecular flexibility index (Phi) is 11.9. The molecule has 0 aliphatic carbocycles. The molecule has 1 saturated heterocycles. The number of carbonyl (C=O) groups is 4. The van der Waals surface area contributed by atoms with Crippen molar-refractivity contribution >= 4 is 56.8 Å². The van der Waals surface area contributed by atoms with E-state index in [-0.39, 0.29) is 36.2 Å². The third-order valence-corrected chi connectivity index (χ3v) is 10.4. The van der Waals surface area contributed by atoms with E-state index in [1.807, 2.05) is 50.8 Å². The smallest absolute Gasteiger partial charge is 0.407 e. The van der Waals surface area contributed by atoms with E-state index >= 15 is 0 Å². The first-order valence-electron chi connectivity index (χ1n) is 19.1. The molecule has 5 aromatic rings. The number of likely N-dealkylation sites (tertiary alicyclic amines) is 1. The lowest BCUT2D eigenvalue weighted by Crippen LogP contribution is -2.51. The summed E-state index contributed by atoms with van der Waals surface area (Å²) in [6.07, 6.45) is 2.08. The van der Waals surface area contributed by atoms with Gasteiger partial charge in [-0.3, -0.25) is 9.59 Å². The van der Waals surface area contributed by atoms with E-state index in [0.717, 1.165) is 75.5 Å². The summed E-state index contributed by atoms with van der Waals surface area (Å²) in [5.74, 6) is 0.828. The van der Waals surface area contributed by atoms with Crippen molar-refractivity contribution in [1.29, 1.82) is 0 Å². The molecule has 0 unspecified atom stereocenters. The standard InChI is InChI=1S/C41H52N8O6/c1-8-9-18-48(38(50)34(23(2)3)46-40(52)54-6)22-33-42-29-16-13-26(21-31(29)43-33)25-12-15-28-27(20-25)14-17-30-36(28)45-37(44-30)32-11-10-19-49(32)39(51)35(24(4)5)47-41(53)55-7/h12-17,20-21,23-24,32,34-35H,8-11,18-19,22H2,1-7H3,(H,42,43)(H,44,45)(H,46,52)(H,47,53)/t32-,34-,35-/m0/s1. The van der Waals surface area contributed by atoms with Gasteiger partial charge in [-0.25, -0.2) is 19.6 Å². The van der Waals surface area contributed by atoms with Crippen LogP contribution >= 0.6 is 0 Å². The summed E-state index contributed by atoms with van der Waals surface area (Å²) >= 11 is 0. The van der Waals surface area contributed by atoms with Crippen molar-refractivity contribution in [2.45, 2.75) is 85.0 Å². The van der Waals surface area contributed by atoms with Crippen LogP contribution in [0.5, 0.6) is 0 Å². The minimum absolute atomic E-state index is 0.116. The molecule has 14 nitrogen and oxygen atoms in total. The van der Waals surface area contributed by atoms with Gasteiger partial charge >= 0.3 is 12.2 Å². The number of hydrogen-bond acceptors (Lipinski definition) is 8. The fraction of sp³-hybridized carbons (Fsp3) is 0.463. The molecule has 3 aromatic carbocycles. The lowest BCUT2D eigenvalue weighted by molar-refractivity contribution is -0.136. The number of hydrogen-bond donors (Lipinski definition) is 4. The van der Waals surface area contributed by atoms with Crippen LogP contribution in [-0.4, -0.2) is 93.1 Å². The summed E-state index contributed by atoms with van der Waals surface area (Å²) in [5, 5.41) is 7.43. The van der Waals surface area contributed by atoms with Gasteiger partial charge in [-0.15, -0.1) is 0 Å². The van der Waals surface area contributed by atoms with Crippen molar-refractivity contribution in [2.75, 3.05) is 27.3 Å². The number of unbranched alkanes of at least 4 members (excludes halogenated alkanes) is 1. The first-order valence-corrected chi connectivity index (χ1v) is 19.1. The molecule has 4 N–H and O–H groups in total. The van der Waals surface area contributed by atoms with Crippen LogP contribution in [0.15, 0.2) is 48.5 Å². The number of methoxy groups -OCH3 is 2. The number of aromatic nitrogens is 4. The van der Waals surface area contributed by atoms with E-state index in [1.165, 1.54) is 14.2 Å². The largest absolute Gasteiger partial charge is 0.453 e. The number of benzene rings is 3. The van der Waals surface area contributed by atoms with Crippen LogP contribution in [0, 0.1) is 11.8 Å². The highest BCUT2D eigenvalue weighted by Gasteiger charge is 2.37. The molecule has 55 heavy (non-hydrogen) atoms. The highest BCUT2D eigenvalue weighted by atomic mass is 16.5. The predicted octanol–water partition coefficient (Wildman–Crippen LogP) is 6.81. The van der Waals surface area contributed by atoms with E-state index in [0.29, 0.717) is 18.9 Å². The van der Waals surface area contributed by atoms with Gasteiger partial charge in [-0.2, -0.15) is 0 Å². The number of aromatic amines is 2. The zero-order valence-electron chi connectivity index (χ0n) is 32.7. The molecule has 0 bridgehead atoms. The zero-order valence-corrected chi connectivity index (χ0v) is 32.7. The maximum absolute atomic E-state index is 13.7. The van der Waals surface area contributed by atoms with Crippen molar-refractivity contribution in [1.82, 2.24) is 40.4 Å². The maximum Gasteiger partial charge on any atom is 0.407 e. The van der Waals surface area contributed by atoms with Crippen LogP contribution in [0.3, 0.4) is 0 Å². The van der Waals surface area contributed by atoms with E-state index < -0.39 is 24.3 Å². The van der Waals surface area contributed by atoms with Crippen molar-refractivity contribution in [3.63, 3.8) is 0 Å². The van der Waals surface area contributed by atoms with Gasteiger partial charge < -0.3 is 39.9 Å². The Hall–Kier alpha value is -5.66. The Bertz CT molecular complexity index is 2190. The number of fused-ring (bicyclic) bond motifs is 4. The van der Waals surface area contributed by atoms with Crippen molar-refractivity contribution in [2.24, 2.45) is 11.8 Å². The molecular formula is C41H52N8O6. The first kappa shape index (κ1) is 39.0. The third-order valence-electron chi connectivity index (χ3n) is 10.4. The first-order chi connectivity index (χ1) is 26.4. The second-order valence-corrected chi connectivity index (χ2v) is 15.0. The number of H-pyrrole nitrogens is 2. The minimum atomic E-state index is -0.719. The molecule has 3 atom stereocenters. The topological polar surface area (TPSA) is 175 Å². The average Bonchev–Trinajstić information content (AvgIpc) is 3.94. The second-order valence-electron chi connectivity index (χ2n) is 15.0. The SMILES string of the molecule is CCCCN(Cc1nc2ccc(-c3ccc4c(ccc5[nH]c([C@@H]6CCCN6C(=O)[C@@H](NC(=O)OC)C(C)C)nc54)c3)cc2[nH]1)C(=O)[C@@H](NC(=O)OC)C(C)C. The number of amides is 4. The highest BCUT2D eigenvalue weighted by molar-refractivity contribution is 6.05. The summed E-state index contributed by atoms with van der Waals surface area (Å²) in [6.45, 7) is 11.1. The van der Waals surface area contributed by atoms with Crippen LogP contribution < -0.4 is 10.6 Å². The molecule has 2 aromatic heterocycles. The molecule has 6 rings (SSSR count). The zero-order chi connectivity index (χ0) is 39.4. The molecule has 14 heteroatoms. The molecule has 0 spiro atoms. The predicted molar refractivity (Wildman–Crippen MR) is 211 cm³/mol. The van der Waals surface area contributed by atoms with Gasteiger partial charge in [0.1, 0.15) is 23.7 Å². The molecule has 0 saturated carbocycles. The van der Waals surface area contributed by atoms with Crippen molar-refractivity contribution in [3.8, 4) is 11.1 Å². The summed E-state index contributed by atoms with van der Waals surface area (Å²) in [4.78, 5) is 71.7. The Morgan fingerprint density at radius 2 is 1.56 bits per heavy atom. The Balaban J connectivity index is 1.23. The monoisotopic (exact) mass is 752 g/mol. The lowest BCUT2D eigenvalue weighted by Gasteiger charge is -2.29. The number of nitrogens with zero attached hydrogens (tertiary/aromatic N) is 4. The van der Waals surface area contributed by atoms with Crippen LogP contribution in [0.2, 0.25) is 0 Å². The Morgan fingerprint density at radius 3 is 2.25 bits per heavy atom. The molecular weight excluding hydrogens is 701 g/mol. The van der Waals surface area contributed by atoms with E-state index in [9.17, 15) is 19.2 Å². The molecule has 1 aliphatic rings. The number of rotatable bonds is 13. The molecule has 3 heterocycles. The van der Waals surface area contributed by atoms with Crippen LogP contribution in [0.1, 0.15) is 78.0 Å². The summed E-state index contributed by atoms with van der Waals surface area (Å²) in [7, 11) is 2.58. The highest BCUT2D eigenvalue weighted by Crippen LogP contribution is 2.35. The summed E-state index contributed by atoms with van der Waals surface area (Å²) in [5.41, 5.74) is 5.41. The summed E-state index contributed by atoms with van der Waals surface area (Å²) in [6, 6.07) is 14.8. The molecule has 292 valence electrons. The van der Waals surface area contributed by atoms with Gasteiger partial charge in [0.25, 0.3) is 0 Å². The van der Waals surface area contributed by atoms with Gasteiger partial charge in [-0.1, -0.05) is 65.3 Å². The average molecular weight is 753 g/mol. The van der Waals surface area contributed by atoms with Crippen LogP contribution in [0.25, 0.3) is 44.0 Å². The Morgan fingerprint density at radius 1 is 0.873 bits per heavy atom. The minimum Gasteiger partial charge on any atom is -0.453 e. The fourth-order valence-corrected chi connectivity index (χ4v) is 7.36. The number of ether oxygens (including phenoxy) is 2. The maximum atomic E-state index is 13.7. The number of carbonyl (C=O) groups excluding carboxylic acids is 4. The van der Waals surface area contributed by atoms with Gasteiger partial charge in [-0.05, 0) is 71.9 Å². The summed E-state index contributed by atoms with van der Waals surface area (Å²) < 4.78 is 9.56. The fourth-order valence-electron chi connectivity index (χ4n) is 7.36. The van der Waals surface area contributed by atoms with E-state index in [1.54, 1.807) is 4.90 Å². The molecule has 0 radical (unpaired) electrons. The van der Waals surface area contributed by atoms with Gasteiger partial charge in [0, 0.05) is 18.5 Å². The van der Waals surface area contributed by atoms with Crippen molar-refractivity contribution in [3.05, 3.63) is 60.2 Å².